The summed E-state index contributed by atoms with van der Waals surface area (Å²) in [5.41, 5.74) is 0. The molecule has 1 unspecified atom stereocenters. The van der Waals surface area contributed by atoms with Crippen LogP contribution in [0.25, 0.3) is 0 Å². The van der Waals surface area contributed by atoms with Gasteiger partial charge in [-0.05, 0) is 19.3 Å². The number of hydrogen-bond acceptors (Lipinski definition) is 2. The molecule has 0 aromatic rings. The first-order valence-electron chi connectivity index (χ1n) is 5.87. The smallest absolute Gasteiger partial charge is 0.236 e. The largest absolute Gasteiger partial charge is 0.348 e. The molecule has 0 saturated heterocycles. The molecule has 3 heteroatoms. The Hall–Kier alpha value is -0.570. The Balaban J connectivity index is 3.49. The number of rotatable bonds is 7. The molecule has 1 amide bonds. The van der Waals surface area contributed by atoms with E-state index in [2.05, 4.69) is 26.1 Å². The summed E-state index contributed by atoms with van der Waals surface area (Å²) in [5.74, 6) is 0.923. The van der Waals surface area contributed by atoms with Crippen molar-refractivity contribution in [1.82, 2.24) is 10.2 Å². The summed E-state index contributed by atoms with van der Waals surface area (Å²) in [6.45, 7) is 7.08. The summed E-state index contributed by atoms with van der Waals surface area (Å²) in [6, 6.07) is 0.438. The molecule has 0 aliphatic heterocycles. The highest BCUT2D eigenvalue weighted by atomic mass is 16.2. The zero-order chi connectivity index (χ0) is 11.8. The zero-order valence-electron chi connectivity index (χ0n) is 10.8. The summed E-state index contributed by atoms with van der Waals surface area (Å²) in [5, 5.41) is 3.25. The molecule has 0 fully saturated rings. The second-order valence-electron chi connectivity index (χ2n) is 4.89. The predicted octanol–water partition coefficient (Wildman–Crippen LogP) is 1.88. The van der Waals surface area contributed by atoms with Crippen LogP contribution in [-0.4, -0.2) is 37.5 Å². The number of amides is 1. The van der Waals surface area contributed by atoms with Gasteiger partial charge in [-0.2, -0.15) is 0 Å². The van der Waals surface area contributed by atoms with Gasteiger partial charge >= 0.3 is 0 Å². The van der Waals surface area contributed by atoms with E-state index in [-0.39, 0.29) is 5.91 Å². The highest BCUT2D eigenvalue weighted by Gasteiger charge is 2.06. The lowest BCUT2D eigenvalue weighted by atomic mass is 10.0. The van der Waals surface area contributed by atoms with Gasteiger partial charge in [-0.3, -0.25) is 4.79 Å². The Morgan fingerprint density at radius 3 is 2.27 bits per heavy atom. The van der Waals surface area contributed by atoms with E-state index in [9.17, 15) is 4.79 Å². The van der Waals surface area contributed by atoms with E-state index in [1.165, 1.54) is 12.8 Å². The predicted molar refractivity (Wildman–Crippen MR) is 64.8 cm³/mol. The number of likely N-dealkylation sites (N-methyl/N-ethyl adjacent to an activating group) is 1. The maximum absolute atomic E-state index is 11.3. The number of hydrogen-bond donors (Lipinski definition) is 1. The fourth-order valence-corrected chi connectivity index (χ4v) is 1.35. The van der Waals surface area contributed by atoms with Crippen LogP contribution in [0.4, 0.5) is 0 Å². The third-order valence-electron chi connectivity index (χ3n) is 2.52. The van der Waals surface area contributed by atoms with Crippen LogP contribution in [0.5, 0.6) is 0 Å². The molecule has 0 aromatic carbocycles. The number of nitrogens with one attached hydrogen (secondary N) is 1. The van der Waals surface area contributed by atoms with Crippen LogP contribution in [0.15, 0.2) is 0 Å². The van der Waals surface area contributed by atoms with Crippen molar-refractivity contribution in [2.45, 2.75) is 46.1 Å². The molecule has 0 rings (SSSR count). The minimum Gasteiger partial charge on any atom is -0.348 e. The van der Waals surface area contributed by atoms with Gasteiger partial charge in [-0.1, -0.05) is 26.7 Å². The van der Waals surface area contributed by atoms with Crippen molar-refractivity contribution < 1.29 is 4.79 Å². The average Bonchev–Trinajstić information content (AvgIpc) is 2.13. The second-order valence-corrected chi connectivity index (χ2v) is 4.89. The molecular weight excluding hydrogens is 188 g/mol. The quantitative estimate of drug-likeness (QED) is 0.702. The van der Waals surface area contributed by atoms with Crippen molar-refractivity contribution in [3.63, 3.8) is 0 Å². The molecule has 1 N–H and O–H groups in total. The van der Waals surface area contributed by atoms with Crippen molar-refractivity contribution in [1.29, 1.82) is 0 Å². The molecule has 0 saturated carbocycles. The maximum Gasteiger partial charge on any atom is 0.236 e. The third kappa shape index (κ3) is 8.43. The minimum absolute atomic E-state index is 0.144. The van der Waals surface area contributed by atoms with Crippen molar-refractivity contribution in [2.75, 3.05) is 20.6 Å². The minimum atomic E-state index is 0.144. The molecule has 0 spiro atoms. The Morgan fingerprint density at radius 2 is 1.80 bits per heavy atom. The van der Waals surface area contributed by atoms with Crippen molar-refractivity contribution >= 4 is 5.91 Å². The van der Waals surface area contributed by atoms with Crippen LogP contribution in [0.1, 0.15) is 40.0 Å². The number of carbonyl (C=O) groups excluding carboxylic acids is 1. The Kier molecular flexibility index (Phi) is 7.39. The Morgan fingerprint density at radius 1 is 1.20 bits per heavy atom. The van der Waals surface area contributed by atoms with Crippen LogP contribution in [-0.2, 0) is 4.79 Å². The summed E-state index contributed by atoms with van der Waals surface area (Å²) in [6.07, 6.45) is 3.66. The van der Waals surface area contributed by atoms with Crippen LogP contribution < -0.4 is 5.32 Å². The van der Waals surface area contributed by atoms with Gasteiger partial charge in [0, 0.05) is 20.1 Å². The first-order valence-corrected chi connectivity index (χ1v) is 5.87. The lowest BCUT2D eigenvalue weighted by molar-refractivity contribution is -0.127. The fourth-order valence-electron chi connectivity index (χ4n) is 1.35. The molecule has 0 aliphatic rings. The van der Waals surface area contributed by atoms with Gasteiger partial charge in [-0.15, -0.1) is 0 Å². The fraction of sp³-hybridized carbons (Fsp3) is 0.917. The normalized spacial score (nSPS) is 12.9. The van der Waals surface area contributed by atoms with Crippen molar-refractivity contribution in [2.24, 2.45) is 5.92 Å². The molecule has 90 valence electrons. The van der Waals surface area contributed by atoms with Crippen LogP contribution in [0.2, 0.25) is 0 Å². The van der Waals surface area contributed by atoms with Crippen LogP contribution in [0, 0.1) is 5.92 Å². The van der Waals surface area contributed by atoms with E-state index in [4.69, 9.17) is 0 Å². The van der Waals surface area contributed by atoms with Crippen molar-refractivity contribution in [3.8, 4) is 0 Å². The molecule has 3 nitrogen and oxygen atoms in total. The van der Waals surface area contributed by atoms with Gasteiger partial charge in [0.1, 0.15) is 0 Å². The van der Waals surface area contributed by atoms with Gasteiger partial charge < -0.3 is 10.2 Å². The highest BCUT2D eigenvalue weighted by Crippen LogP contribution is 2.07. The molecule has 0 bridgehead atoms. The lowest BCUT2D eigenvalue weighted by Crippen LogP contribution is -2.37. The molecule has 0 radical (unpaired) electrons. The van der Waals surface area contributed by atoms with Gasteiger partial charge in [-0.25, -0.2) is 0 Å². The summed E-state index contributed by atoms with van der Waals surface area (Å²) < 4.78 is 0. The highest BCUT2D eigenvalue weighted by molar-refractivity contribution is 5.77. The zero-order valence-corrected chi connectivity index (χ0v) is 10.8. The van der Waals surface area contributed by atoms with E-state index in [0.29, 0.717) is 12.6 Å². The van der Waals surface area contributed by atoms with Crippen molar-refractivity contribution in [3.05, 3.63) is 0 Å². The van der Waals surface area contributed by atoms with Gasteiger partial charge in [0.05, 0.1) is 6.54 Å². The maximum atomic E-state index is 11.3. The third-order valence-corrected chi connectivity index (χ3v) is 2.52. The average molecular weight is 214 g/mol. The second kappa shape index (κ2) is 7.69. The first kappa shape index (κ1) is 14.4. The van der Waals surface area contributed by atoms with Gasteiger partial charge in [0.15, 0.2) is 0 Å². The Bertz CT molecular complexity index is 178. The molecule has 0 aliphatic carbocycles. The lowest BCUT2D eigenvalue weighted by Gasteiger charge is -2.16. The van der Waals surface area contributed by atoms with E-state index >= 15 is 0 Å². The van der Waals surface area contributed by atoms with E-state index in [1.807, 2.05) is 0 Å². The Labute approximate surface area is 94.2 Å². The number of nitrogens with zero attached hydrogens (tertiary/aromatic N) is 1. The van der Waals surface area contributed by atoms with E-state index in [1.54, 1.807) is 19.0 Å². The SMILES string of the molecule is CC(C)CCCC(C)NCC(=O)N(C)C. The topological polar surface area (TPSA) is 32.3 Å². The molecule has 0 aromatic heterocycles. The number of carbonyl (C=O) groups is 1. The van der Waals surface area contributed by atoms with Crippen LogP contribution >= 0.6 is 0 Å². The standard InChI is InChI=1S/C12H26N2O/c1-10(2)7-6-8-11(3)13-9-12(15)14(4)5/h10-11,13H,6-9H2,1-5H3. The van der Waals surface area contributed by atoms with Crippen LogP contribution in [0.3, 0.4) is 0 Å². The monoisotopic (exact) mass is 214 g/mol. The molecule has 15 heavy (non-hydrogen) atoms. The van der Waals surface area contributed by atoms with E-state index < -0.39 is 0 Å². The van der Waals surface area contributed by atoms with E-state index in [0.717, 1.165) is 12.3 Å². The summed E-state index contributed by atoms with van der Waals surface area (Å²) in [4.78, 5) is 12.9. The van der Waals surface area contributed by atoms with Gasteiger partial charge in [0.25, 0.3) is 0 Å². The summed E-state index contributed by atoms with van der Waals surface area (Å²) >= 11 is 0. The molecule has 1 atom stereocenters. The first-order chi connectivity index (χ1) is 6.93. The summed E-state index contributed by atoms with van der Waals surface area (Å²) in [7, 11) is 3.57. The van der Waals surface area contributed by atoms with Gasteiger partial charge in [0.2, 0.25) is 5.91 Å². The molecular formula is C12H26N2O. The molecule has 0 heterocycles.